The zero-order valence-corrected chi connectivity index (χ0v) is 12.8. The Kier molecular flexibility index (Phi) is 5.31. The maximum atomic E-state index is 12.0. The van der Waals surface area contributed by atoms with Crippen LogP contribution in [0, 0.1) is 6.92 Å². The number of carbonyl (C=O) groups is 2. The first-order valence-corrected chi connectivity index (χ1v) is 7.12. The summed E-state index contributed by atoms with van der Waals surface area (Å²) in [6, 6.07) is 14.6. The highest BCUT2D eigenvalue weighted by atomic mass is 16.5. The lowest BCUT2D eigenvalue weighted by atomic mass is 10.1. The van der Waals surface area contributed by atoms with Gasteiger partial charge in [0.25, 0.3) is 5.91 Å². The Bertz CT molecular complexity index is 645. The molecule has 0 saturated carbocycles. The van der Waals surface area contributed by atoms with Crippen LogP contribution in [0.1, 0.15) is 21.5 Å². The topological polar surface area (TPSA) is 55.4 Å². The fraction of sp³-hybridized carbons (Fsp3) is 0.222. The van der Waals surface area contributed by atoms with Gasteiger partial charge in [-0.15, -0.1) is 0 Å². The standard InChI is InChI=1S/C18H19NO3/c1-13-3-7-15(8-4-13)17(20)18(21)19-12-11-14-5-9-16(22-2)10-6-14/h3-10H,11-12H2,1-2H3,(H,19,21). The van der Waals surface area contributed by atoms with E-state index < -0.39 is 11.7 Å². The van der Waals surface area contributed by atoms with Gasteiger partial charge in [-0.2, -0.15) is 0 Å². The van der Waals surface area contributed by atoms with Gasteiger partial charge in [0.15, 0.2) is 0 Å². The van der Waals surface area contributed by atoms with Gasteiger partial charge in [-0.1, -0.05) is 42.0 Å². The van der Waals surface area contributed by atoms with Gasteiger partial charge in [0.1, 0.15) is 5.75 Å². The van der Waals surface area contributed by atoms with Crippen molar-refractivity contribution in [3.05, 3.63) is 65.2 Å². The molecule has 0 spiro atoms. The summed E-state index contributed by atoms with van der Waals surface area (Å²) in [5.74, 6) is -0.283. The summed E-state index contributed by atoms with van der Waals surface area (Å²) in [4.78, 5) is 23.8. The first-order chi connectivity index (χ1) is 10.6. The molecule has 0 bridgehead atoms. The summed E-state index contributed by atoms with van der Waals surface area (Å²) in [7, 11) is 1.62. The Labute approximate surface area is 130 Å². The van der Waals surface area contributed by atoms with E-state index in [1.807, 2.05) is 43.3 Å². The maximum absolute atomic E-state index is 12.0. The van der Waals surface area contributed by atoms with Gasteiger partial charge < -0.3 is 10.1 Å². The molecule has 0 saturated heterocycles. The molecule has 0 aliphatic carbocycles. The largest absolute Gasteiger partial charge is 0.497 e. The van der Waals surface area contributed by atoms with Crippen molar-refractivity contribution < 1.29 is 14.3 Å². The number of aryl methyl sites for hydroxylation is 1. The molecule has 0 aliphatic heterocycles. The third-order valence-corrected chi connectivity index (χ3v) is 3.38. The summed E-state index contributed by atoms with van der Waals surface area (Å²) in [5, 5.41) is 2.65. The van der Waals surface area contributed by atoms with Crippen LogP contribution in [0.4, 0.5) is 0 Å². The molecule has 0 atom stereocenters. The van der Waals surface area contributed by atoms with Crippen LogP contribution >= 0.6 is 0 Å². The van der Waals surface area contributed by atoms with Gasteiger partial charge in [0.2, 0.25) is 5.78 Å². The molecule has 0 heterocycles. The number of nitrogens with one attached hydrogen (secondary N) is 1. The van der Waals surface area contributed by atoms with E-state index in [1.165, 1.54) is 0 Å². The third-order valence-electron chi connectivity index (χ3n) is 3.38. The van der Waals surface area contributed by atoms with Gasteiger partial charge in [-0.05, 0) is 31.0 Å². The average Bonchev–Trinajstić information content (AvgIpc) is 2.55. The van der Waals surface area contributed by atoms with Crippen LogP contribution in [-0.2, 0) is 11.2 Å². The number of benzene rings is 2. The zero-order chi connectivity index (χ0) is 15.9. The Morgan fingerprint density at radius 3 is 2.23 bits per heavy atom. The molecule has 0 aliphatic rings. The van der Waals surface area contributed by atoms with E-state index in [2.05, 4.69) is 5.32 Å². The number of ketones is 1. The minimum Gasteiger partial charge on any atom is -0.497 e. The molecule has 0 unspecified atom stereocenters. The highest BCUT2D eigenvalue weighted by molar-refractivity contribution is 6.42. The number of rotatable bonds is 6. The fourth-order valence-corrected chi connectivity index (χ4v) is 2.03. The van der Waals surface area contributed by atoms with Crippen LogP contribution in [0.5, 0.6) is 5.75 Å². The summed E-state index contributed by atoms with van der Waals surface area (Å²) >= 11 is 0. The predicted molar refractivity (Wildman–Crippen MR) is 85.2 cm³/mol. The van der Waals surface area contributed by atoms with Crippen LogP contribution in [-0.4, -0.2) is 25.3 Å². The lowest BCUT2D eigenvalue weighted by molar-refractivity contribution is -0.116. The van der Waals surface area contributed by atoms with Crippen molar-refractivity contribution in [2.24, 2.45) is 0 Å². The zero-order valence-electron chi connectivity index (χ0n) is 12.8. The number of carbonyl (C=O) groups excluding carboxylic acids is 2. The van der Waals surface area contributed by atoms with Gasteiger partial charge >= 0.3 is 0 Å². The minimum absolute atomic E-state index is 0.410. The molecule has 1 N–H and O–H groups in total. The highest BCUT2D eigenvalue weighted by Gasteiger charge is 2.15. The van der Waals surface area contributed by atoms with E-state index in [0.717, 1.165) is 16.9 Å². The van der Waals surface area contributed by atoms with Gasteiger partial charge in [-0.3, -0.25) is 9.59 Å². The molecule has 2 aromatic rings. The number of Topliss-reactive ketones (excluding diaryl/α,β-unsaturated/α-hetero) is 1. The third kappa shape index (κ3) is 4.19. The summed E-state index contributed by atoms with van der Waals surface area (Å²) in [6.07, 6.45) is 0.664. The summed E-state index contributed by atoms with van der Waals surface area (Å²) in [5.41, 5.74) is 2.54. The SMILES string of the molecule is COc1ccc(CCNC(=O)C(=O)c2ccc(C)cc2)cc1. The van der Waals surface area contributed by atoms with Crippen LogP contribution in [0.2, 0.25) is 0 Å². The average molecular weight is 297 g/mol. The van der Waals surface area contributed by atoms with E-state index in [-0.39, 0.29) is 0 Å². The first-order valence-electron chi connectivity index (χ1n) is 7.12. The second-order valence-corrected chi connectivity index (χ2v) is 5.05. The molecular weight excluding hydrogens is 278 g/mol. The van der Waals surface area contributed by atoms with E-state index in [9.17, 15) is 9.59 Å². The maximum Gasteiger partial charge on any atom is 0.292 e. The first kappa shape index (κ1) is 15.8. The molecule has 4 nitrogen and oxygen atoms in total. The van der Waals surface area contributed by atoms with Crippen LogP contribution in [0.3, 0.4) is 0 Å². The lowest BCUT2D eigenvalue weighted by Gasteiger charge is -2.06. The van der Waals surface area contributed by atoms with Gasteiger partial charge in [0.05, 0.1) is 7.11 Å². The van der Waals surface area contributed by atoms with E-state index >= 15 is 0 Å². The van der Waals surface area contributed by atoms with E-state index in [1.54, 1.807) is 19.2 Å². The van der Waals surface area contributed by atoms with Gasteiger partial charge in [-0.25, -0.2) is 0 Å². The van der Waals surface area contributed by atoms with Crippen molar-refractivity contribution in [1.29, 1.82) is 0 Å². The number of hydrogen-bond acceptors (Lipinski definition) is 3. The van der Waals surface area contributed by atoms with Crippen molar-refractivity contribution in [2.75, 3.05) is 13.7 Å². The fourth-order valence-electron chi connectivity index (χ4n) is 2.03. The number of methoxy groups -OCH3 is 1. The van der Waals surface area contributed by atoms with Crippen LogP contribution in [0.25, 0.3) is 0 Å². The molecule has 22 heavy (non-hydrogen) atoms. The van der Waals surface area contributed by atoms with Crippen LogP contribution < -0.4 is 10.1 Å². The molecular formula is C18H19NO3. The molecule has 2 aromatic carbocycles. The number of hydrogen-bond donors (Lipinski definition) is 1. The van der Waals surface area contributed by atoms with Crippen molar-refractivity contribution in [3.8, 4) is 5.75 Å². The molecule has 1 amide bonds. The van der Waals surface area contributed by atoms with Crippen molar-refractivity contribution in [2.45, 2.75) is 13.3 Å². The lowest BCUT2D eigenvalue weighted by Crippen LogP contribution is -2.32. The van der Waals surface area contributed by atoms with Crippen molar-refractivity contribution in [1.82, 2.24) is 5.32 Å². The molecule has 2 rings (SSSR count). The number of ether oxygens (including phenoxy) is 1. The monoisotopic (exact) mass is 297 g/mol. The molecule has 0 radical (unpaired) electrons. The second kappa shape index (κ2) is 7.41. The van der Waals surface area contributed by atoms with Crippen LogP contribution in [0.15, 0.2) is 48.5 Å². The number of amides is 1. The molecule has 114 valence electrons. The smallest absolute Gasteiger partial charge is 0.292 e. The Morgan fingerprint density at radius 2 is 1.64 bits per heavy atom. The van der Waals surface area contributed by atoms with E-state index in [4.69, 9.17) is 4.74 Å². The Morgan fingerprint density at radius 1 is 1.00 bits per heavy atom. The summed E-state index contributed by atoms with van der Waals surface area (Å²) < 4.78 is 5.09. The molecule has 0 fully saturated rings. The summed E-state index contributed by atoms with van der Waals surface area (Å²) in [6.45, 7) is 2.35. The minimum atomic E-state index is -0.572. The molecule has 4 heteroatoms. The van der Waals surface area contributed by atoms with E-state index in [0.29, 0.717) is 18.5 Å². The Balaban J connectivity index is 1.84. The quantitative estimate of drug-likeness (QED) is 0.658. The Hall–Kier alpha value is -2.62. The molecule has 0 aromatic heterocycles. The van der Waals surface area contributed by atoms with Gasteiger partial charge in [0, 0.05) is 12.1 Å². The van der Waals surface area contributed by atoms with Crippen molar-refractivity contribution >= 4 is 11.7 Å². The highest BCUT2D eigenvalue weighted by Crippen LogP contribution is 2.11. The predicted octanol–water partition coefficient (Wildman–Crippen LogP) is 2.55. The second-order valence-electron chi connectivity index (χ2n) is 5.05. The van der Waals surface area contributed by atoms with Crippen molar-refractivity contribution in [3.63, 3.8) is 0 Å². The normalized spacial score (nSPS) is 10.1.